The van der Waals surface area contributed by atoms with Crippen molar-refractivity contribution in [3.63, 3.8) is 0 Å². The molecule has 0 spiro atoms. The van der Waals surface area contributed by atoms with Crippen LogP contribution in [0.5, 0.6) is 0 Å². The van der Waals surface area contributed by atoms with Gasteiger partial charge in [-0.25, -0.2) is 4.98 Å². The van der Waals surface area contributed by atoms with Crippen molar-refractivity contribution in [3.8, 4) is 0 Å². The Morgan fingerprint density at radius 1 is 1.00 bits per heavy atom. The van der Waals surface area contributed by atoms with Crippen molar-refractivity contribution in [3.05, 3.63) is 47.3 Å². The van der Waals surface area contributed by atoms with E-state index in [1.54, 1.807) is 6.20 Å². The minimum absolute atomic E-state index is 0.0437. The molecule has 0 saturated carbocycles. The molecular formula is C26H31N5O2S. The summed E-state index contributed by atoms with van der Waals surface area (Å²) in [6.07, 6.45) is 6.52. The Hall–Kier alpha value is -3.00. The Balaban J connectivity index is 1.36. The lowest BCUT2D eigenvalue weighted by molar-refractivity contribution is -0.120. The van der Waals surface area contributed by atoms with E-state index in [0.29, 0.717) is 5.56 Å². The van der Waals surface area contributed by atoms with Gasteiger partial charge in [-0.2, -0.15) is 4.37 Å². The first kappa shape index (κ1) is 22.8. The number of anilines is 2. The number of amides is 2. The van der Waals surface area contributed by atoms with Gasteiger partial charge in [-0.15, -0.1) is 0 Å². The van der Waals surface area contributed by atoms with Gasteiger partial charge in [-0.1, -0.05) is 17.7 Å². The topological polar surface area (TPSA) is 78.4 Å². The Bertz CT molecular complexity index is 1190. The van der Waals surface area contributed by atoms with E-state index in [1.807, 2.05) is 43.0 Å². The number of aromatic nitrogens is 2. The van der Waals surface area contributed by atoms with Crippen molar-refractivity contribution in [2.75, 3.05) is 36.4 Å². The summed E-state index contributed by atoms with van der Waals surface area (Å²) in [5.41, 5.74) is 4.53. The first-order valence-electron chi connectivity index (χ1n) is 12.2. The molecule has 0 aliphatic carbocycles. The normalized spacial score (nSPS) is 17.2. The van der Waals surface area contributed by atoms with Crippen molar-refractivity contribution in [1.82, 2.24) is 14.3 Å². The molecule has 8 heteroatoms. The Labute approximate surface area is 204 Å². The standard InChI is InChI=1S/C26H31N5O2S/c1-17-6-8-20(9-7-17)28-24(32)19-10-14-30(15-11-19)23-21(26(33)31-12-4-3-5-13-31)16-27-25-22(23)18(2)29-34-25/h6-9,16,19H,3-5,10-15H2,1-2H3,(H,28,32). The highest BCUT2D eigenvalue weighted by atomic mass is 32.1. The highest BCUT2D eigenvalue weighted by Crippen LogP contribution is 2.37. The largest absolute Gasteiger partial charge is 0.370 e. The lowest BCUT2D eigenvalue weighted by Gasteiger charge is -2.35. The number of pyridine rings is 1. The van der Waals surface area contributed by atoms with Crippen LogP contribution in [0, 0.1) is 19.8 Å². The van der Waals surface area contributed by atoms with Crippen LogP contribution in [0.15, 0.2) is 30.5 Å². The number of hydrogen-bond donors (Lipinski definition) is 1. The van der Waals surface area contributed by atoms with E-state index in [0.717, 1.165) is 79.1 Å². The molecule has 4 heterocycles. The van der Waals surface area contributed by atoms with Crippen LogP contribution in [0.1, 0.15) is 53.7 Å². The molecule has 0 unspecified atom stereocenters. The first-order chi connectivity index (χ1) is 16.5. The van der Waals surface area contributed by atoms with Gasteiger partial charge in [0.05, 0.1) is 22.3 Å². The SMILES string of the molecule is Cc1ccc(NC(=O)C2CCN(c3c(C(=O)N4CCCCC4)cnc4snc(C)c34)CC2)cc1. The molecule has 0 radical (unpaired) electrons. The second-order valence-electron chi connectivity index (χ2n) is 9.44. The number of carbonyl (C=O) groups excluding carboxylic acids is 2. The van der Waals surface area contributed by atoms with Crippen LogP contribution in [-0.2, 0) is 4.79 Å². The minimum Gasteiger partial charge on any atom is -0.370 e. The maximum absolute atomic E-state index is 13.5. The quantitative estimate of drug-likeness (QED) is 0.585. The molecule has 1 aromatic carbocycles. The molecule has 34 heavy (non-hydrogen) atoms. The highest BCUT2D eigenvalue weighted by molar-refractivity contribution is 7.13. The average Bonchev–Trinajstić information content (AvgIpc) is 3.26. The fraction of sp³-hybridized carbons (Fsp3) is 0.462. The highest BCUT2D eigenvalue weighted by Gasteiger charge is 2.31. The smallest absolute Gasteiger partial charge is 0.257 e. The molecule has 2 aliphatic rings. The molecule has 2 amide bonds. The van der Waals surface area contributed by atoms with Gasteiger partial charge in [0.25, 0.3) is 5.91 Å². The van der Waals surface area contributed by atoms with Gasteiger partial charge in [0.1, 0.15) is 4.83 Å². The number of hydrogen-bond acceptors (Lipinski definition) is 6. The van der Waals surface area contributed by atoms with Crippen molar-refractivity contribution < 1.29 is 9.59 Å². The van der Waals surface area contributed by atoms with Crippen molar-refractivity contribution in [2.24, 2.45) is 5.92 Å². The van der Waals surface area contributed by atoms with Gasteiger partial charge in [-0.3, -0.25) is 9.59 Å². The van der Waals surface area contributed by atoms with E-state index in [-0.39, 0.29) is 17.7 Å². The van der Waals surface area contributed by atoms with E-state index in [2.05, 4.69) is 19.6 Å². The van der Waals surface area contributed by atoms with Crippen LogP contribution in [0.3, 0.4) is 0 Å². The first-order valence-corrected chi connectivity index (χ1v) is 13.0. The second-order valence-corrected chi connectivity index (χ2v) is 10.2. The van der Waals surface area contributed by atoms with Crippen LogP contribution in [-0.4, -0.2) is 52.3 Å². The number of nitrogens with one attached hydrogen (secondary N) is 1. The number of piperidine rings is 2. The van der Waals surface area contributed by atoms with Gasteiger partial charge < -0.3 is 15.1 Å². The zero-order chi connectivity index (χ0) is 23.7. The number of likely N-dealkylation sites (tertiary alicyclic amines) is 1. The fourth-order valence-corrected chi connectivity index (χ4v) is 5.79. The van der Waals surface area contributed by atoms with E-state index in [1.165, 1.54) is 23.5 Å². The van der Waals surface area contributed by atoms with Gasteiger partial charge in [0.2, 0.25) is 5.91 Å². The molecule has 7 nitrogen and oxygen atoms in total. The molecule has 2 saturated heterocycles. The Kier molecular flexibility index (Phi) is 6.50. The minimum atomic E-state index is -0.0437. The summed E-state index contributed by atoms with van der Waals surface area (Å²) in [6.45, 7) is 7.07. The van der Waals surface area contributed by atoms with Crippen molar-refractivity contribution >= 4 is 44.9 Å². The van der Waals surface area contributed by atoms with E-state index < -0.39 is 0 Å². The van der Waals surface area contributed by atoms with Crippen LogP contribution in [0.4, 0.5) is 11.4 Å². The molecule has 5 rings (SSSR count). The van der Waals surface area contributed by atoms with Crippen LogP contribution < -0.4 is 10.2 Å². The third-order valence-corrected chi connectivity index (χ3v) is 7.87. The van der Waals surface area contributed by atoms with Crippen LogP contribution in [0.2, 0.25) is 0 Å². The predicted molar refractivity (Wildman–Crippen MR) is 137 cm³/mol. The molecule has 178 valence electrons. The molecule has 0 bridgehead atoms. The lowest BCUT2D eigenvalue weighted by atomic mass is 9.94. The molecule has 2 aliphatic heterocycles. The van der Waals surface area contributed by atoms with Crippen LogP contribution in [0.25, 0.3) is 10.2 Å². The Morgan fingerprint density at radius 2 is 1.71 bits per heavy atom. The fourth-order valence-electron chi connectivity index (χ4n) is 5.04. The van der Waals surface area contributed by atoms with E-state index in [9.17, 15) is 9.59 Å². The van der Waals surface area contributed by atoms with E-state index in [4.69, 9.17) is 0 Å². The van der Waals surface area contributed by atoms with Gasteiger partial charge in [-0.05, 0) is 69.6 Å². The molecule has 0 atom stereocenters. The van der Waals surface area contributed by atoms with Crippen LogP contribution >= 0.6 is 11.5 Å². The number of benzene rings is 1. The summed E-state index contributed by atoms with van der Waals surface area (Å²) in [5.74, 6) is 0.0909. The number of fused-ring (bicyclic) bond motifs is 1. The summed E-state index contributed by atoms with van der Waals surface area (Å²) in [4.78, 5) is 36.1. The summed E-state index contributed by atoms with van der Waals surface area (Å²) < 4.78 is 4.52. The summed E-state index contributed by atoms with van der Waals surface area (Å²) in [5, 5.41) is 4.05. The molecular weight excluding hydrogens is 446 g/mol. The molecule has 1 N–H and O–H groups in total. The summed E-state index contributed by atoms with van der Waals surface area (Å²) in [6, 6.07) is 7.90. The maximum atomic E-state index is 13.5. The lowest BCUT2D eigenvalue weighted by Crippen LogP contribution is -2.40. The zero-order valence-electron chi connectivity index (χ0n) is 19.8. The number of rotatable bonds is 4. The monoisotopic (exact) mass is 477 g/mol. The second kappa shape index (κ2) is 9.70. The number of carbonyl (C=O) groups is 2. The predicted octanol–water partition coefficient (Wildman–Crippen LogP) is 4.79. The maximum Gasteiger partial charge on any atom is 0.257 e. The third kappa shape index (κ3) is 4.51. The third-order valence-electron chi connectivity index (χ3n) is 7.02. The molecule has 2 fully saturated rings. The molecule has 3 aromatic rings. The van der Waals surface area contributed by atoms with Crippen molar-refractivity contribution in [1.29, 1.82) is 0 Å². The van der Waals surface area contributed by atoms with E-state index >= 15 is 0 Å². The van der Waals surface area contributed by atoms with Gasteiger partial charge >= 0.3 is 0 Å². The average molecular weight is 478 g/mol. The zero-order valence-corrected chi connectivity index (χ0v) is 20.7. The summed E-state index contributed by atoms with van der Waals surface area (Å²) in [7, 11) is 0. The Morgan fingerprint density at radius 3 is 2.41 bits per heavy atom. The number of aryl methyl sites for hydroxylation is 2. The molecule has 2 aromatic heterocycles. The van der Waals surface area contributed by atoms with Crippen molar-refractivity contribution in [2.45, 2.75) is 46.0 Å². The van der Waals surface area contributed by atoms with Gasteiger partial charge in [0.15, 0.2) is 0 Å². The summed E-state index contributed by atoms with van der Waals surface area (Å²) >= 11 is 1.38. The number of nitrogens with zero attached hydrogens (tertiary/aromatic N) is 4. The van der Waals surface area contributed by atoms with Gasteiger partial charge in [0, 0.05) is 44.0 Å².